The average molecular weight is 287 g/mol. The summed E-state index contributed by atoms with van der Waals surface area (Å²) in [6, 6.07) is 7.10. The van der Waals surface area contributed by atoms with Gasteiger partial charge in [0.05, 0.1) is 11.0 Å². The predicted molar refractivity (Wildman–Crippen MR) is 86.5 cm³/mol. The fraction of sp³-hybridized carbons (Fsp3) is 0.588. The molecule has 3 N–H and O–H groups in total. The first-order valence-electron chi connectivity index (χ1n) is 8.13. The molecule has 1 atom stereocenters. The van der Waals surface area contributed by atoms with Crippen molar-refractivity contribution in [3.8, 4) is 0 Å². The van der Waals surface area contributed by atoms with Crippen molar-refractivity contribution in [3.05, 3.63) is 34.2 Å². The molecule has 0 spiro atoms. The van der Waals surface area contributed by atoms with Gasteiger partial charge in [-0.15, -0.1) is 0 Å². The van der Waals surface area contributed by atoms with E-state index >= 15 is 0 Å². The molecule has 4 nitrogen and oxygen atoms in total. The van der Waals surface area contributed by atoms with Gasteiger partial charge in [0.1, 0.15) is 0 Å². The van der Waals surface area contributed by atoms with Gasteiger partial charge in [0.2, 0.25) is 0 Å². The van der Waals surface area contributed by atoms with Gasteiger partial charge >= 0.3 is 5.69 Å². The van der Waals surface area contributed by atoms with Crippen LogP contribution in [0.5, 0.6) is 0 Å². The van der Waals surface area contributed by atoms with Gasteiger partial charge in [-0.3, -0.25) is 0 Å². The van der Waals surface area contributed by atoms with Crippen LogP contribution in [0.15, 0.2) is 23.0 Å². The second kappa shape index (κ2) is 6.06. The van der Waals surface area contributed by atoms with Crippen molar-refractivity contribution in [2.24, 2.45) is 5.92 Å². The molecule has 1 heterocycles. The zero-order valence-electron chi connectivity index (χ0n) is 12.9. The third-order valence-electron chi connectivity index (χ3n) is 4.95. The molecule has 1 unspecified atom stereocenters. The Morgan fingerprint density at radius 3 is 2.62 bits per heavy atom. The van der Waals surface area contributed by atoms with Gasteiger partial charge in [0.15, 0.2) is 0 Å². The highest BCUT2D eigenvalue weighted by Crippen LogP contribution is 2.28. The molecule has 0 saturated heterocycles. The van der Waals surface area contributed by atoms with Crippen LogP contribution in [0.4, 0.5) is 0 Å². The van der Waals surface area contributed by atoms with Gasteiger partial charge in [0.25, 0.3) is 0 Å². The van der Waals surface area contributed by atoms with Gasteiger partial charge in [-0.2, -0.15) is 0 Å². The summed E-state index contributed by atoms with van der Waals surface area (Å²) in [6.45, 7) is 4.51. The zero-order valence-corrected chi connectivity index (χ0v) is 12.9. The molecule has 1 fully saturated rings. The maximum atomic E-state index is 11.3. The number of imidazole rings is 1. The predicted octanol–water partition coefficient (Wildman–Crippen LogP) is 3.48. The lowest BCUT2D eigenvalue weighted by molar-refractivity contribution is 0.273. The van der Waals surface area contributed by atoms with E-state index in [-0.39, 0.29) is 5.69 Å². The Bertz CT molecular complexity index is 649. The van der Waals surface area contributed by atoms with E-state index in [1.165, 1.54) is 37.7 Å². The van der Waals surface area contributed by atoms with Crippen LogP contribution >= 0.6 is 0 Å². The van der Waals surface area contributed by atoms with Crippen LogP contribution in [0, 0.1) is 5.92 Å². The van der Waals surface area contributed by atoms with Gasteiger partial charge in [-0.1, -0.05) is 19.4 Å². The third kappa shape index (κ3) is 3.21. The molecule has 0 aliphatic heterocycles. The third-order valence-corrected chi connectivity index (χ3v) is 4.95. The zero-order chi connectivity index (χ0) is 14.8. The second-order valence-electron chi connectivity index (χ2n) is 6.40. The molecule has 4 heteroatoms. The summed E-state index contributed by atoms with van der Waals surface area (Å²) >= 11 is 0. The van der Waals surface area contributed by atoms with Crippen LogP contribution in [0.25, 0.3) is 11.0 Å². The maximum Gasteiger partial charge on any atom is 0.323 e. The summed E-state index contributed by atoms with van der Waals surface area (Å²) in [5, 5.41) is 3.75. The molecule has 1 aliphatic carbocycles. The summed E-state index contributed by atoms with van der Waals surface area (Å²) in [5.41, 5.74) is 2.86. The minimum absolute atomic E-state index is 0.138. The SMILES string of the molecule is CCC1CCC(NC(C)c2ccc3[nH]c(=O)[nH]c3c2)CC1. The lowest BCUT2D eigenvalue weighted by atomic mass is 9.84. The minimum Gasteiger partial charge on any atom is -0.307 e. The maximum absolute atomic E-state index is 11.3. The van der Waals surface area contributed by atoms with Crippen molar-refractivity contribution >= 4 is 11.0 Å². The first-order chi connectivity index (χ1) is 10.2. The number of rotatable bonds is 4. The van der Waals surface area contributed by atoms with Crippen molar-refractivity contribution in [1.29, 1.82) is 0 Å². The van der Waals surface area contributed by atoms with E-state index in [9.17, 15) is 4.79 Å². The van der Waals surface area contributed by atoms with Gasteiger partial charge < -0.3 is 15.3 Å². The van der Waals surface area contributed by atoms with E-state index in [4.69, 9.17) is 0 Å². The number of hydrogen-bond acceptors (Lipinski definition) is 2. The fourth-order valence-electron chi connectivity index (χ4n) is 3.51. The van der Waals surface area contributed by atoms with E-state index in [2.05, 4.69) is 41.3 Å². The van der Waals surface area contributed by atoms with Gasteiger partial charge in [0, 0.05) is 12.1 Å². The van der Waals surface area contributed by atoms with Crippen molar-refractivity contribution in [2.75, 3.05) is 0 Å². The molecule has 1 aromatic heterocycles. The van der Waals surface area contributed by atoms with Crippen molar-refractivity contribution in [1.82, 2.24) is 15.3 Å². The normalized spacial score (nSPS) is 24.3. The molecular weight excluding hydrogens is 262 g/mol. The number of aromatic nitrogens is 2. The van der Waals surface area contributed by atoms with E-state index in [0.29, 0.717) is 12.1 Å². The van der Waals surface area contributed by atoms with Crippen molar-refractivity contribution in [3.63, 3.8) is 0 Å². The van der Waals surface area contributed by atoms with E-state index in [1.54, 1.807) is 0 Å². The minimum atomic E-state index is -0.138. The molecule has 114 valence electrons. The van der Waals surface area contributed by atoms with Crippen molar-refractivity contribution in [2.45, 2.75) is 58.0 Å². The quantitative estimate of drug-likeness (QED) is 0.806. The average Bonchev–Trinajstić information content (AvgIpc) is 2.87. The highest BCUT2D eigenvalue weighted by molar-refractivity contribution is 5.75. The number of aromatic amines is 2. The molecular formula is C17H25N3O. The smallest absolute Gasteiger partial charge is 0.307 e. The van der Waals surface area contributed by atoms with Crippen LogP contribution in [-0.4, -0.2) is 16.0 Å². The molecule has 0 amide bonds. The number of benzene rings is 1. The molecule has 0 bridgehead atoms. The highest BCUT2D eigenvalue weighted by atomic mass is 16.1. The molecule has 1 aromatic carbocycles. The Kier molecular flexibility index (Phi) is 4.15. The number of nitrogens with one attached hydrogen (secondary N) is 3. The number of hydrogen-bond donors (Lipinski definition) is 3. The number of H-pyrrole nitrogens is 2. The lowest BCUT2D eigenvalue weighted by Crippen LogP contribution is -2.34. The van der Waals surface area contributed by atoms with Crippen molar-refractivity contribution < 1.29 is 0 Å². The number of fused-ring (bicyclic) bond motifs is 1. The Balaban J connectivity index is 1.66. The largest absolute Gasteiger partial charge is 0.323 e. The molecule has 3 rings (SSSR count). The summed E-state index contributed by atoms with van der Waals surface area (Å²) in [7, 11) is 0. The van der Waals surface area contributed by atoms with Crippen LogP contribution < -0.4 is 11.0 Å². The summed E-state index contributed by atoms with van der Waals surface area (Å²) in [4.78, 5) is 16.9. The molecule has 1 aliphatic rings. The monoisotopic (exact) mass is 287 g/mol. The Morgan fingerprint density at radius 1 is 1.19 bits per heavy atom. The molecule has 1 saturated carbocycles. The first-order valence-corrected chi connectivity index (χ1v) is 8.13. The summed E-state index contributed by atoms with van der Waals surface area (Å²) in [5.74, 6) is 0.930. The lowest BCUT2D eigenvalue weighted by Gasteiger charge is -2.31. The van der Waals surface area contributed by atoms with Crippen LogP contribution in [0.2, 0.25) is 0 Å². The molecule has 21 heavy (non-hydrogen) atoms. The van der Waals surface area contributed by atoms with Gasteiger partial charge in [-0.05, 0) is 56.2 Å². The van der Waals surface area contributed by atoms with Crippen LogP contribution in [0.1, 0.15) is 57.6 Å². The summed E-state index contributed by atoms with van der Waals surface area (Å²) in [6.07, 6.45) is 6.59. The Morgan fingerprint density at radius 2 is 1.90 bits per heavy atom. The van der Waals surface area contributed by atoms with E-state index < -0.39 is 0 Å². The molecule has 2 aromatic rings. The van der Waals surface area contributed by atoms with Crippen LogP contribution in [0.3, 0.4) is 0 Å². The highest BCUT2D eigenvalue weighted by Gasteiger charge is 2.21. The summed E-state index contributed by atoms with van der Waals surface area (Å²) < 4.78 is 0. The Hall–Kier alpha value is -1.55. The Labute approximate surface area is 125 Å². The van der Waals surface area contributed by atoms with E-state index in [0.717, 1.165) is 17.0 Å². The van der Waals surface area contributed by atoms with Crippen LogP contribution in [-0.2, 0) is 0 Å². The van der Waals surface area contributed by atoms with E-state index in [1.807, 2.05) is 6.07 Å². The standard InChI is InChI=1S/C17H25N3O/c1-3-12-4-7-14(8-5-12)18-11(2)13-6-9-15-16(10-13)20-17(21)19-15/h6,9-12,14,18H,3-5,7-8H2,1-2H3,(H2,19,20,21). The second-order valence-corrected chi connectivity index (χ2v) is 6.40. The molecule has 0 radical (unpaired) electrons. The van der Waals surface area contributed by atoms with Gasteiger partial charge in [-0.25, -0.2) is 4.79 Å². The first kappa shape index (κ1) is 14.4. The topological polar surface area (TPSA) is 60.7 Å². The fourth-order valence-corrected chi connectivity index (χ4v) is 3.51.